The molecule has 0 saturated heterocycles. The molecule has 0 aliphatic rings. The lowest BCUT2D eigenvalue weighted by atomic mass is 9.98. The van der Waals surface area contributed by atoms with Gasteiger partial charge in [-0.25, -0.2) is 9.97 Å². The van der Waals surface area contributed by atoms with E-state index < -0.39 is 0 Å². The van der Waals surface area contributed by atoms with Gasteiger partial charge in [0.1, 0.15) is 12.1 Å². The molecule has 0 amide bonds. The van der Waals surface area contributed by atoms with Crippen molar-refractivity contribution in [1.82, 2.24) is 9.97 Å². The van der Waals surface area contributed by atoms with E-state index in [4.69, 9.17) is 0 Å². The van der Waals surface area contributed by atoms with Crippen LogP contribution in [0.1, 0.15) is 24.8 Å². The van der Waals surface area contributed by atoms with Crippen LogP contribution < -0.4 is 5.32 Å². The number of aromatic nitrogens is 2. The van der Waals surface area contributed by atoms with Crippen LogP contribution in [-0.4, -0.2) is 16.5 Å². The van der Waals surface area contributed by atoms with Gasteiger partial charge in [-0.3, -0.25) is 0 Å². The fourth-order valence-electron chi connectivity index (χ4n) is 1.76. The van der Waals surface area contributed by atoms with Gasteiger partial charge in [0.2, 0.25) is 0 Å². The number of benzene rings is 1. The van der Waals surface area contributed by atoms with Crippen molar-refractivity contribution in [2.45, 2.75) is 19.3 Å². The highest BCUT2D eigenvalue weighted by Crippen LogP contribution is 2.18. The van der Waals surface area contributed by atoms with E-state index in [2.05, 4.69) is 52.5 Å². The second-order valence-corrected chi connectivity index (χ2v) is 4.12. The topological polar surface area (TPSA) is 37.8 Å². The summed E-state index contributed by atoms with van der Waals surface area (Å²) in [4.78, 5) is 8.01. The van der Waals surface area contributed by atoms with Gasteiger partial charge in [-0.05, 0) is 24.0 Å². The van der Waals surface area contributed by atoms with Crippen LogP contribution >= 0.6 is 0 Å². The maximum atomic E-state index is 4.13. The van der Waals surface area contributed by atoms with E-state index in [0.717, 1.165) is 18.8 Å². The Hall–Kier alpha value is -1.90. The zero-order valence-corrected chi connectivity index (χ0v) is 10.0. The Bertz CT molecular complexity index is 428. The second kappa shape index (κ2) is 5.99. The Morgan fingerprint density at radius 3 is 2.71 bits per heavy atom. The molecule has 0 fully saturated rings. The van der Waals surface area contributed by atoms with Crippen molar-refractivity contribution < 1.29 is 0 Å². The summed E-state index contributed by atoms with van der Waals surface area (Å²) in [6, 6.07) is 12.5. The molecule has 2 rings (SSSR count). The Labute approximate surface area is 102 Å². The van der Waals surface area contributed by atoms with Gasteiger partial charge < -0.3 is 5.32 Å². The third kappa shape index (κ3) is 3.55. The lowest BCUT2D eigenvalue weighted by Crippen LogP contribution is -2.07. The second-order valence-electron chi connectivity index (χ2n) is 4.12. The largest absolute Gasteiger partial charge is 0.370 e. The lowest BCUT2D eigenvalue weighted by molar-refractivity contribution is 0.704. The van der Waals surface area contributed by atoms with Crippen LogP contribution in [0.4, 0.5) is 5.82 Å². The van der Waals surface area contributed by atoms with Gasteiger partial charge in [-0.15, -0.1) is 0 Å². The third-order valence-corrected chi connectivity index (χ3v) is 2.83. The van der Waals surface area contributed by atoms with Gasteiger partial charge >= 0.3 is 0 Å². The van der Waals surface area contributed by atoms with Crippen LogP contribution in [-0.2, 0) is 0 Å². The predicted molar refractivity (Wildman–Crippen MR) is 70.0 cm³/mol. The van der Waals surface area contributed by atoms with Crippen LogP contribution in [0.15, 0.2) is 48.9 Å². The Morgan fingerprint density at radius 1 is 1.18 bits per heavy atom. The normalized spacial score (nSPS) is 12.1. The fraction of sp³-hybridized carbons (Fsp3) is 0.286. The molecule has 1 aromatic carbocycles. The molecule has 1 N–H and O–H groups in total. The highest BCUT2D eigenvalue weighted by Gasteiger charge is 2.04. The smallest absolute Gasteiger partial charge is 0.129 e. The number of hydrogen-bond acceptors (Lipinski definition) is 3. The van der Waals surface area contributed by atoms with E-state index in [9.17, 15) is 0 Å². The van der Waals surface area contributed by atoms with Gasteiger partial charge in [-0.1, -0.05) is 37.3 Å². The summed E-state index contributed by atoms with van der Waals surface area (Å²) in [6.45, 7) is 3.17. The van der Waals surface area contributed by atoms with Gasteiger partial charge in [0.25, 0.3) is 0 Å². The average Bonchev–Trinajstić information content (AvgIpc) is 2.41. The van der Waals surface area contributed by atoms with E-state index in [1.165, 1.54) is 5.56 Å². The molecule has 2 aromatic rings. The summed E-state index contributed by atoms with van der Waals surface area (Å²) in [5.41, 5.74) is 1.39. The first-order valence-electron chi connectivity index (χ1n) is 5.91. The first-order chi connectivity index (χ1) is 8.36. The molecule has 0 radical (unpaired) electrons. The summed E-state index contributed by atoms with van der Waals surface area (Å²) >= 11 is 0. The van der Waals surface area contributed by atoms with Gasteiger partial charge in [0.15, 0.2) is 0 Å². The zero-order chi connectivity index (χ0) is 11.9. The first kappa shape index (κ1) is 11.6. The molecule has 1 heterocycles. The minimum atomic E-state index is 0.561. The first-order valence-corrected chi connectivity index (χ1v) is 5.91. The summed E-state index contributed by atoms with van der Waals surface area (Å²) in [5, 5.41) is 3.29. The Kier molecular flexibility index (Phi) is 4.08. The SMILES string of the molecule is CC(CCNc1ccncn1)c1ccccc1. The molecule has 0 saturated carbocycles. The van der Waals surface area contributed by atoms with E-state index in [-0.39, 0.29) is 0 Å². The van der Waals surface area contributed by atoms with Crippen molar-refractivity contribution in [3.05, 3.63) is 54.5 Å². The summed E-state index contributed by atoms with van der Waals surface area (Å²) in [5.74, 6) is 1.45. The van der Waals surface area contributed by atoms with Crippen molar-refractivity contribution in [1.29, 1.82) is 0 Å². The fourth-order valence-corrected chi connectivity index (χ4v) is 1.76. The van der Waals surface area contributed by atoms with Crippen molar-refractivity contribution in [2.75, 3.05) is 11.9 Å². The molecule has 3 nitrogen and oxygen atoms in total. The van der Waals surface area contributed by atoms with Gasteiger partial charge in [0.05, 0.1) is 0 Å². The highest BCUT2D eigenvalue weighted by molar-refractivity contribution is 5.31. The number of anilines is 1. The molecule has 88 valence electrons. The number of rotatable bonds is 5. The van der Waals surface area contributed by atoms with Crippen molar-refractivity contribution >= 4 is 5.82 Å². The molecule has 0 bridgehead atoms. The summed E-state index contributed by atoms with van der Waals surface area (Å²) in [7, 11) is 0. The molecule has 1 atom stereocenters. The minimum absolute atomic E-state index is 0.561. The predicted octanol–water partition coefficient (Wildman–Crippen LogP) is 3.08. The molecule has 0 aliphatic carbocycles. The maximum absolute atomic E-state index is 4.13. The van der Waals surface area contributed by atoms with Crippen LogP contribution in [0.2, 0.25) is 0 Å². The standard InChI is InChI=1S/C14H17N3/c1-12(13-5-3-2-4-6-13)7-10-16-14-8-9-15-11-17-14/h2-6,8-9,11-12H,7,10H2,1H3,(H,15,16,17). The molecule has 17 heavy (non-hydrogen) atoms. The summed E-state index contributed by atoms with van der Waals surface area (Å²) < 4.78 is 0. The van der Waals surface area contributed by atoms with Gasteiger partial charge in [0, 0.05) is 12.7 Å². The van der Waals surface area contributed by atoms with Crippen molar-refractivity contribution in [3.8, 4) is 0 Å². The lowest BCUT2D eigenvalue weighted by Gasteiger charge is -2.12. The third-order valence-electron chi connectivity index (χ3n) is 2.83. The van der Waals surface area contributed by atoms with Crippen molar-refractivity contribution in [3.63, 3.8) is 0 Å². The van der Waals surface area contributed by atoms with E-state index in [0.29, 0.717) is 5.92 Å². The van der Waals surface area contributed by atoms with E-state index in [1.807, 2.05) is 6.07 Å². The maximum Gasteiger partial charge on any atom is 0.129 e. The zero-order valence-electron chi connectivity index (χ0n) is 10.0. The average molecular weight is 227 g/mol. The van der Waals surface area contributed by atoms with Crippen LogP contribution in [0.5, 0.6) is 0 Å². The molecule has 1 unspecified atom stereocenters. The molecule has 0 aliphatic heterocycles. The highest BCUT2D eigenvalue weighted by atomic mass is 15.0. The van der Waals surface area contributed by atoms with E-state index >= 15 is 0 Å². The molecule has 0 spiro atoms. The van der Waals surface area contributed by atoms with Crippen molar-refractivity contribution in [2.24, 2.45) is 0 Å². The number of nitrogens with one attached hydrogen (secondary N) is 1. The van der Waals surface area contributed by atoms with Crippen LogP contribution in [0.25, 0.3) is 0 Å². The molecular formula is C14H17N3. The monoisotopic (exact) mass is 227 g/mol. The Balaban J connectivity index is 1.79. The summed E-state index contributed by atoms with van der Waals surface area (Å²) in [6.07, 6.45) is 4.40. The Morgan fingerprint density at radius 2 is 2.00 bits per heavy atom. The quantitative estimate of drug-likeness (QED) is 0.853. The molecule has 1 aromatic heterocycles. The van der Waals surface area contributed by atoms with Crippen LogP contribution in [0, 0.1) is 0 Å². The van der Waals surface area contributed by atoms with E-state index in [1.54, 1.807) is 12.5 Å². The number of hydrogen-bond donors (Lipinski definition) is 1. The van der Waals surface area contributed by atoms with Gasteiger partial charge in [-0.2, -0.15) is 0 Å². The minimum Gasteiger partial charge on any atom is -0.370 e. The molecular weight excluding hydrogens is 210 g/mol. The number of nitrogens with zero attached hydrogens (tertiary/aromatic N) is 2. The molecule has 3 heteroatoms. The van der Waals surface area contributed by atoms with Crippen LogP contribution in [0.3, 0.4) is 0 Å².